The lowest BCUT2D eigenvalue weighted by molar-refractivity contribution is -0.192. The van der Waals surface area contributed by atoms with Gasteiger partial charge in [0.1, 0.15) is 12.4 Å². The smallest absolute Gasteiger partial charge is 0.488 e. The number of carbonyl (C=O) groups excluding carboxylic acids is 1. The van der Waals surface area contributed by atoms with E-state index in [4.69, 9.17) is 14.6 Å². The largest absolute Gasteiger partial charge is 0.490 e. The molecule has 1 heterocycles. The molecule has 0 aliphatic carbocycles. The van der Waals surface area contributed by atoms with Crippen molar-refractivity contribution < 1.29 is 42.7 Å². The van der Waals surface area contributed by atoms with Gasteiger partial charge in [-0.3, -0.25) is 4.79 Å². The molecule has 3 rings (SSSR count). The summed E-state index contributed by atoms with van der Waals surface area (Å²) in [6, 6.07) is 10.9. The predicted molar refractivity (Wildman–Crippen MR) is 102 cm³/mol. The number of ether oxygens (including phenoxy) is 1. The lowest BCUT2D eigenvalue weighted by atomic mass is 9.77. The number of hydrogen-bond acceptors (Lipinski definition) is 6. The second-order valence-electron chi connectivity index (χ2n) is 6.32. The SMILES string of the molecule is O=C(O)C(F)(F)F.O=Cc1c(OCc2cccc3c2CCNC3)cccc1B(O)O. The molecular weight excluding hydrogens is 406 g/mol. The number of carboxylic acids is 1. The molecule has 30 heavy (non-hydrogen) atoms. The van der Waals surface area contributed by atoms with Gasteiger partial charge in [-0.25, -0.2) is 4.79 Å². The van der Waals surface area contributed by atoms with Crippen molar-refractivity contribution in [2.24, 2.45) is 0 Å². The molecule has 0 atom stereocenters. The van der Waals surface area contributed by atoms with Crippen molar-refractivity contribution in [2.45, 2.75) is 25.7 Å². The normalized spacial score (nSPS) is 12.8. The Bertz CT molecular complexity index is 904. The Morgan fingerprint density at radius 3 is 2.47 bits per heavy atom. The van der Waals surface area contributed by atoms with E-state index in [1.54, 1.807) is 12.1 Å². The first-order valence-electron chi connectivity index (χ1n) is 8.82. The van der Waals surface area contributed by atoms with Crippen LogP contribution in [0.2, 0.25) is 0 Å². The van der Waals surface area contributed by atoms with E-state index in [0.717, 1.165) is 25.1 Å². The topological polar surface area (TPSA) is 116 Å². The molecule has 0 spiro atoms. The molecular formula is C19H19BF3NO6. The lowest BCUT2D eigenvalue weighted by Crippen LogP contribution is -2.33. The first kappa shape index (κ1) is 23.4. The minimum atomic E-state index is -5.08. The number of nitrogens with one attached hydrogen (secondary N) is 1. The Balaban J connectivity index is 0.000000396. The van der Waals surface area contributed by atoms with Gasteiger partial charge in [-0.15, -0.1) is 0 Å². The zero-order chi connectivity index (χ0) is 22.3. The Morgan fingerprint density at radius 2 is 1.87 bits per heavy atom. The van der Waals surface area contributed by atoms with Crippen LogP contribution in [0.25, 0.3) is 0 Å². The Morgan fingerprint density at radius 1 is 1.20 bits per heavy atom. The third kappa shape index (κ3) is 6.05. The third-order valence-corrected chi connectivity index (χ3v) is 4.36. The average molecular weight is 425 g/mol. The number of carboxylic acid groups (broad SMARTS) is 1. The van der Waals surface area contributed by atoms with Crippen molar-refractivity contribution in [2.75, 3.05) is 6.54 Å². The van der Waals surface area contributed by atoms with Gasteiger partial charge in [0, 0.05) is 6.54 Å². The Labute approximate surface area is 170 Å². The van der Waals surface area contributed by atoms with Crippen LogP contribution in [0.1, 0.15) is 27.0 Å². The summed E-state index contributed by atoms with van der Waals surface area (Å²) < 4.78 is 37.5. The lowest BCUT2D eigenvalue weighted by Gasteiger charge is -2.21. The summed E-state index contributed by atoms with van der Waals surface area (Å²) in [4.78, 5) is 20.2. The van der Waals surface area contributed by atoms with Gasteiger partial charge in [0.25, 0.3) is 0 Å². The molecule has 4 N–H and O–H groups in total. The van der Waals surface area contributed by atoms with Gasteiger partial charge in [0.15, 0.2) is 6.29 Å². The number of aliphatic carboxylic acids is 1. The molecule has 0 saturated carbocycles. The quantitative estimate of drug-likeness (QED) is 0.418. The summed E-state index contributed by atoms with van der Waals surface area (Å²) in [5.41, 5.74) is 3.98. The molecule has 0 amide bonds. The minimum Gasteiger partial charge on any atom is -0.488 e. The number of benzene rings is 2. The van der Waals surface area contributed by atoms with E-state index in [1.807, 2.05) is 12.1 Å². The number of hydrogen-bond donors (Lipinski definition) is 4. The van der Waals surface area contributed by atoms with Gasteiger partial charge in [-0.05, 0) is 41.2 Å². The standard InChI is InChI=1S/C17H18BNO4.C2HF3O2/c20-10-15-16(18(21)22)5-2-6-17(15)23-11-13-4-1-3-12-9-19-8-7-14(12)13;3-2(4,5)1(6)7/h1-6,10,19,21-22H,7-9,11H2;(H,6,7). The summed E-state index contributed by atoms with van der Waals surface area (Å²) in [5.74, 6) is -2.40. The number of halogens is 3. The molecule has 0 radical (unpaired) electrons. The van der Waals surface area contributed by atoms with Gasteiger partial charge in [0.05, 0.1) is 5.56 Å². The fourth-order valence-electron chi connectivity index (χ4n) is 2.94. The summed E-state index contributed by atoms with van der Waals surface area (Å²) in [5, 5.41) is 29.1. The number of aldehydes is 1. The highest BCUT2D eigenvalue weighted by Gasteiger charge is 2.38. The average Bonchev–Trinajstić information content (AvgIpc) is 2.71. The monoisotopic (exact) mass is 425 g/mol. The predicted octanol–water partition coefficient (Wildman–Crippen LogP) is 1.04. The van der Waals surface area contributed by atoms with Crippen LogP contribution in [-0.4, -0.2) is 47.2 Å². The molecule has 0 aromatic heterocycles. The fourth-order valence-corrected chi connectivity index (χ4v) is 2.94. The van der Waals surface area contributed by atoms with Crippen LogP contribution in [0.5, 0.6) is 5.75 Å². The van der Waals surface area contributed by atoms with Crippen LogP contribution in [-0.2, 0) is 24.4 Å². The van der Waals surface area contributed by atoms with Gasteiger partial charge >= 0.3 is 19.3 Å². The fraction of sp³-hybridized carbons (Fsp3) is 0.263. The highest BCUT2D eigenvalue weighted by atomic mass is 19.4. The van der Waals surface area contributed by atoms with E-state index in [0.29, 0.717) is 18.6 Å². The van der Waals surface area contributed by atoms with Crippen LogP contribution in [0.4, 0.5) is 13.2 Å². The van der Waals surface area contributed by atoms with E-state index in [9.17, 15) is 28.0 Å². The van der Waals surface area contributed by atoms with Crippen molar-refractivity contribution in [1.29, 1.82) is 0 Å². The zero-order valence-electron chi connectivity index (χ0n) is 15.6. The van der Waals surface area contributed by atoms with Crippen LogP contribution in [0.3, 0.4) is 0 Å². The van der Waals surface area contributed by atoms with Crippen molar-refractivity contribution in [3.05, 3.63) is 58.7 Å². The van der Waals surface area contributed by atoms with E-state index in [1.165, 1.54) is 17.2 Å². The van der Waals surface area contributed by atoms with E-state index in [-0.39, 0.29) is 11.0 Å². The van der Waals surface area contributed by atoms with E-state index >= 15 is 0 Å². The van der Waals surface area contributed by atoms with E-state index in [2.05, 4.69) is 11.4 Å². The second kappa shape index (κ2) is 10.2. The number of rotatable bonds is 5. The molecule has 0 bridgehead atoms. The molecule has 0 unspecified atom stereocenters. The summed E-state index contributed by atoms with van der Waals surface area (Å²) in [6.07, 6.45) is -3.54. The van der Waals surface area contributed by atoms with Crippen LogP contribution < -0.4 is 15.5 Å². The van der Waals surface area contributed by atoms with Crippen molar-refractivity contribution in [3.63, 3.8) is 0 Å². The molecule has 0 saturated heterocycles. The van der Waals surface area contributed by atoms with Crippen LogP contribution in [0, 0.1) is 0 Å². The first-order valence-corrected chi connectivity index (χ1v) is 8.82. The molecule has 1 aliphatic rings. The minimum absolute atomic E-state index is 0.150. The summed E-state index contributed by atoms with van der Waals surface area (Å²) >= 11 is 0. The van der Waals surface area contributed by atoms with Crippen molar-refractivity contribution >= 4 is 24.8 Å². The van der Waals surface area contributed by atoms with Crippen LogP contribution >= 0.6 is 0 Å². The highest BCUT2D eigenvalue weighted by molar-refractivity contribution is 6.60. The zero-order valence-corrected chi connectivity index (χ0v) is 15.6. The molecule has 0 fully saturated rings. The van der Waals surface area contributed by atoms with Crippen LogP contribution in [0.15, 0.2) is 36.4 Å². The second-order valence-corrected chi connectivity index (χ2v) is 6.32. The van der Waals surface area contributed by atoms with Crippen molar-refractivity contribution in [3.8, 4) is 5.75 Å². The maximum Gasteiger partial charge on any atom is 0.490 e. The molecule has 160 valence electrons. The third-order valence-electron chi connectivity index (χ3n) is 4.36. The Hall–Kier alpha value is -2.89. The summed E-state index contributed by atoms with van der Waals surface area (Å²) in [6.45, 7) is 2.14. The summed E-state index contributed by atoms with van der Waals surface area (Å²) in [7, 11) is -1.70. The number of carbonyl (C=O) groups is 2. The molecule has 1 aliphatic heterocycles. The first-order chi connectivity index (χ1) is 14.1. The number of alkyl halides is 3. The van der Waals surface area contributed by atoms with Crippen molar-refractivity contribution in [1.82, 2.24) is 5.32 Å². The molecule has 7 nitrogen and oxygen atoms in total. The van der Waals surface area contributed by atoms with Gasteiger partial charge in [-0.2, -0.15) is 13.2 Å². The highest BCUT2D eigenvalue weighted by Crippen LogP contribution is 2.22. The van der Waals surface area contributed by atoms with Gasteiger partial charge in [-0.1, -0.05) is 30.3 Å². The molecule has 11 heteroatoms. The van der Waals surface area contributed by atoms with Gasteiger partial charge in [0.2, 0.25) is 0 Å². The van der Waals surface area contributed by atoms with E-state index < -0.39 is 19.3 Å². The Kier molecular flexibility index (Phi) is 7.98. The molecule has 2 aromatic carbocycles. The van der Waals surface area contributed by atoms with Gasteiger partial charge < -0.3 is 25.2 Å². The number of fused-ring (bicyclic) bond motifs is 1. The molecule has 2 aromatic rings. The maximum absolute atomic E-state index is 11.3. The maximum atomic E-state index is 11.3.